The number of allylic oxidation sites excluding steroid dienone is 14. The van der Waals surface area contributed by atoms with Crippen LogP contribution in [0.2, 0.25) is 0 Å². The Morgan fingerprint density at radius 2 is 0.788 bits per heavy atom. The van der Waals surface area contributed by atoms with Crippen LogP contribution in [0, 0.1) is 0 Å². The minimum Gasteiger partial charge on any atom is -0.462 e. The van der Waals surface area contributed by atoms with Crippen molar-refractivity contribution < 1.29 is 28.6 Å². The zero-order valence-electron chi connectivity index (χ0n) is 33.3. The molecule has 0 rings (SSSR count). The smallest absolute Gasteiger partial charge is 0.306 e. The SMILES string of the molecule is CC\C=C/C=C\C=C/C=C\C=C/CCCC(=O)OCC(COC(=O)CCCCCCCCCCCC)OC(=O)CCCCC/C=C\C=C/CCCC. The number of unbranched alkanes of at least 4 members (excludes halogenated alkanes) is 15. The summed E-state index contributed by atoms with van der Waals surface area (Å²) in [6.45, 7) is 6.30. The van der Waals surface area contributed by atoms with Crippen molar-refractivity contribution in [3.63, 3.8) is 0 Å². The first-order valence-corrected chi connectivity index (χ1v) is 20.7. The maximum Gasteiger partial charge on any atom is 0.306 e. The molecule has 6 heteroatoms. The third kappa shape index (κ3) is 37.8. The minimum atomic E-state index is -0.814. The van der Waals surface area contributed by atoms with E-state index in [-0.39, 0.29) is 44.0 Å². The molecule has 0 aromatic heterocycles. The molecule has 0 saturated carbocycles. The zero-order valence-corrected chi connectivity index (χ0v) is 33.3. The summed E-state index contributed by atoms with van der Waals surface area (Å²) in [5, 5.41) is 0. The van der Waals surface area contributed by atoms with E-state index >= 15 is 0 Å². The van der Waals surface area contributed by atoms with Gasteiger partial charge < -0.3 is 14.2 Å². The highest BCUT2D eigenvalue weighted by atomic mass is 16.6. The average Bonchev–Trinajstić information content (AvgIpc) is 3.14. The molecule has 0 aliphatic heterocycles. The molecule has 0 radical (unpaired) electrons. The molecule has 1 atom stereocenters. The van der Waals surface area contributed by atoms with Gasteiger partial charge >= 0.3 is 17.9 Å². The lowest BCUT2D eigenvalue weighted by Gasteiger charge is -2.18. The van der Waals surface area contributed by atoms with Crippen LogP contribution < -0.4 is 0 Å². The number of esters is 3. The van der Waals surface area contributed by atoms with E-state index in [1.165, 1.54) is 57.8 Å². The van der Waals surface area contributed by atoms with E-state index in [4.69, 9.17) is 14.2 Å². The number of hydrogen-bond acceptors (Lipinski definition) is 6. The second kappa shape index (κ2) is 40.4. The monoisotopic (exact) mass is 723 g/mol. The molecule has 0 amide bonds. The predicted molar refractivity (Wildman–Crippen MR) is 219 cm³/mol. The Labute approximate surface area is 318 Å². The lowest BCUT2D eigenvalue weighted by molar-refractivity contribution is -0.167. The van der Waals surface area contributed by atoms with Crippen LogP contribution in [0.25, 0.3) is 0 Å². The highest BCUT2D eigenvalue weighted by Gasteiger charge is 2.19. The molecule has 294 valence electrons. The first-order valence-electron chi connectivity index (χ1n) is 20.7. The molecule has 0 aromatic carbocycles. The Kier molecular flexibility index (Phi) is 37.7. The lowest BCUT2D eigenvalue weighted by atomic mass is 10.1. The fourth-order valence-corrected chi connectivity index (χ4v) is 5.15. The van der Waals surface area contributed by atoms with Gasteiger partial charge in [0, 0.05) is 19.3 Å². The Bertz CT molecular complexity index is 1060. The van der Waals surface area contributed by atoms with Gasteiger partial charge in [0.25, 0.3) is 0 Å². The highest BCUT2D eigenvalue weighted by Crippen LogP contribution is 2.12. The number of ether oxygens (including phenoxy) is 3. The molecular weight excluding hydrogens is 648 g/mol. The molecule has 0 heterocycles. The van der Waals surface area contributed by atoms with Crippen molar-refractivity contribution in [2.24, 2.45) is 0 Å². The second-order valence-electron chi connectivity index (χ2n) is 13.3. The molecule has 0 aliphatic carbocycles. The first kappa shape index (κ1) is 48.6. The van der Waals surface area contributed by atoms with E-state index in [1.807, 2.05) is 54.7 Å². The van der Waals surface area contributed by atoms with Crippen LogP contribution in [0.15, 0.2) is 85.1 Å². The number of hydrogen-bond donors (Lipinski definition) is 0. The van der Waals surface area contributed by atoms with Crippen LogP contribution in [0.3, 0.4) is 0 Å². The van der Waals surface area contributed by atoms with Gasteiger partial charge in [-0.25, -0.2) is 0 Å². The average molecular weight is 723 g/mol. The van der Waals surface area contributed by atoms with Crippen molar-refractivity contribution in [2.75, 3.05) is 13.2 Å². The van der Waals surface area contributed by atoms with Gasteiger partial charge in [0.15, 0.2) is 6.10 Å². The van der Waals surface area contributed by atoms with Gasteiger partial charge in [0.2, 0.25) is 0 Å². The van der Waals surface area contributed by atoms with Crippen molar-refractivity contribution in [1.29, 1.82) is 0 Å². The van der Waals surface area contributed by atoms with E-state index < -0.39 is 6.10 Å². The van der Waals surface area contributed by atoms with Gasteiger partial charge in [0.1, 0.15) is 13.2 Å². The summed E-state index contributed by atoms with van der Waals surface area (Å²) in [7, 11) is 0. The maximum atomic E-state index is 12.6. The summed E-state index contributed by atoms with van der Waals surface area (Å²) < 4.78 is 16.5. The van der Waals surface area contributed by atoms with E-state index in [2.05, 4.69) is 51.2 Å². The second-order valence-corrected chi connectivity index (χ2v) is 13.3. The number of carbonyl (C=O) groups excluding carboxylic acids is 3. The largest absolute Gasteiger partial charge is 0.462 e. The molecule has 1 unspecified atom stereocenters. The fraction of sp³-hybridized carbons (Fsp3) is 0.630. The summed E-state index contributed by atoms with van der Waals surface area (Å²) in [4.78, 5) is 37.5. The number of carbonyl (C=O) groups is 3. The maximum absolute atomic E-state index is 12.6. The van der Waals surface area contributed by atoms with Crippen molar-refractivity contribution in [2.45, 2.75) is 175 Å². The summed E-state index contributed by atoms with van der Waals surface area (Å²) >= 11 is 0. The summed E-state index contributed by atoms with van der Waals surface area (Å²) in [6.07, 6.45) is 50.0. The van der Waals surface area contributed by atoms with Gasteiger partial charge in [-0.1, -0.05) is 183 Å². The van der Waals surface area contributed by atoms with E-state index in [0.717, 1.165) is 64.2 Å². The third-order valence-corrected chi connectivity index (χ3v) is 8.29. The molecule has 0 aromatic rings. The molecule has 52 heavy (non-hydrogen) atoms. The van der Waals surface area contributed by atoms with Crippen molar-refractivity contribution in [3.05, 3.63) is 85.1 Å². The van der Waals surface area contributed by atoms with Crippen LogP contribution in [0.5, 0.6) is 0 Å². The normalized spacial score (nSPS) is 12.9. The standard InChI is InChI=1S/C46H74O6/c1-4-7-10-13-16-19-22-23-25-27-30-33-36-39-45(48)51-42-43(41-50-44(47)38-35-32-29-26-21-18-15-12-9-6-3)52-46(49)40-37-34-31-28-24-20-17-14-11-8-5-2/h7,10,13-14,16-17,19-20,22-25,27,30,43H,4-6,8-9,11-12,15,18,21,26,28-29,31-42H2,1-3H3/b10-7-,16-13-,17-14-,22-19-,24-20-,25-23-,30-27-. The predicted octanol–water partition coefficient (Wildman–Crippen LogP) is 12.9. The Morgan fingerprint density at radius 1 is 0.404 bits per heavy atom. The molecule has 0 fully saturated rings. The van der Waals surface area contributed by atoms with Gasteiger partial charge in [-0.3, -0.25) is 14.4 Å². The molecular formula is C46H74O6. The zero-order chi connectivity index (χ0) is 38.0. The topological polar surface area (TPSA) is 78.9 Å². The molecule has 0 saturated heterocycles. The van der Waals surface area contributed by atoms with Crippen molar-refractivity contribution in [1.82, 2.24) is 0 Å². The fourth-order valence-electron chi connectivity index (χ4n) is 5.15. The van der Waals surface area contributed by atoms with Crippen LogP contribution >= 0.6 is 0 Å². The minimum absolute atomic E-state index is 0.110. The summed E-state index contributed by atoms with van der Waals surface area (Å²) in [6, 6.07) is 0. The van der Waals surface area contributed by atoms with Crippen LogP contribution in [-0.4, -0.2) is 37.2 Å². The molecule has 0 aliphatic rings. The van der Waals surface area contributed by atoms with Gasteiger partial charge in [-0.2, -0.15) is 0 Å². The van der Waals surface area contributed by atoms with E-state index in [9.17, 15) is 14.4 Å². The molecule has 0 spiro atoms. The van der Waals surface area contributed by atoms with Gasteiger partial charge in [-0.05, 0) is 51.4 Å². The Morgan fingerprint density at radius 3 is 1.33 bits per heavy atom. The Hall–Kier alpha value is -3.41. The molecule has 6 nitrogen and oxygen atoms in total. The molecule has 0 N–H and O–H groups in total. The van der Waals surface area contributed by atoms with Gasteiger partial charge in [0.05, 0.1) is 0 Å². The highest BCUT2D eigenvalue weighted by molar-refractivity contribution is 5.71. The van der Waals surface area contributed by atoms with E-state index in [1.54, 1.807) is 0 Å². The summed E-state index contributed by atoms with van der Waals surface area (Å²) in [5.74, 6) is -1.03. The van der Waals surface area contributed by atoms with Crippen LogP contribution in [0.1, 0.15) is 168 Å². The van der Waals surface area contributed by atoms with Crippen LogP contribution in [-0.2, 0) is 28.6 Å². The quantitative estimate of drug-likeness (QED) is 0.0280. The van der Waals surface area contributed by atoms with E-state index in [0.29, 0.717) is 12.8 Å². The summed E-state index contributed by atoms with van der Waals surface area (Å²) in [5.41, 5.74) is 0. The van der Waals surface area contributed by atoms with Crippen molar-refractivity contribution >= 4 is 17.9 Å². The number of rotatable bonds is 35. The van der Waals surface area contributed by atoms with Crippen molar-refractivity contribution in [3.8, 4) is 0 Å². The first-order chi connectivity index (χ1) is 25.5. The Balaban J connectivity index is 4.56. The van der Waals surface area contributed by atoms with Crippen LogP contribution in [0.4, 0.5) is 0 Å². The molecule has 0 bridgehead atoms. The van der Waals surface area contributed by atoms with Gasteiger partial charge in [-0.15, -0.1) is 0 Å². The lowest BCUT2D eigenvalue weighted by Crippen LogP contribution is -2.30. The third-order valence-electron chi connectivity index (χ3n) is 8.29.